The molecule has 0 spiro atoms. The van der Waals surface area contributed by atoms with Gasteiger partial charge in [0.05, 0.1) is 35.5 Å². The van der Waals surface area contributed by atoms with Crippen LogP contribution in [0.4, 0.5) is 4.79 Å². The van der Waals surface area contributed by atoms with E-state index in [1.54, 1.807) is 42.5 Å². The van der Waals surface area contributed by atoms with Crippen LogP contribution in [0.1, 0.15) is 29.4 Å². The molecule has 1 fully saturated rings. The molecule has 1 aliphatic heterocycles. The van der Waals surface area contributed by atoms with Crippen molar-refractivity contribution in [2.75, 3.05) is 6.61 Å². The van der Waals surface area contributed by atoms with Crippen LogP contribution in [-0.2, 0) is 22.7 Å². The molecule has 10 heteroatoms. The Labute approximate surface area is 215 Å². The first-order valence-electron chi connectivity index (χ1n) is 10.9. The van der Waals surface area contributed by atoms with E-state index in [4.69, 9.17) is 13.9 Å². The Kier molecular flexibility index (Phi) is 7.51. The Hall–Kier alpha value is -4.36. The SMILES string of the molecule is CCOc1cc(/C=C2\C(=O)NC(=O)N(Cc3ccco3)C2=O)cc(Br)c1OCc1ccccc1C#N. The smallest absolute Gasteiger partial charge is 0.331 e. The summed E-state index contributed by atoms with van der Waals surface area (Å²) in [6, 6.07) is 15.0. The normalized spacial score (nSPS) is 14.5. The number of barbiturate groups is 1. The number of hydrogen-bond acceptors (Lipinski definition) is 7. The van der Waals surface area contributed by atoms with Crippen LogP contribution in [0.3, 0.4) is 0 Å². The van der Waals surface area contributed by atoms with E-state index in [0.717, 1.165) is 4.90 Å². The van der Waals surface area contributed by atoms with Gasteiger partial charge in [0.15, 0.2) is 11.5 Å². The van der Waals surface area contributed by atoms with Crippen molar-refractivity contribution in [2.24, 2.45) is 0 Å². The van der Waals surface area contributed by atoms with Gasteiger partial charge in [-0.15, -0.1) is 0 Å². The molecule has 0 bridgehead atoms. The number of nitrogens with zero attached hydrogens (tertiary/aromatic N) is 2. The van der Waals surface area contributed by atoms with E-state index in [9.17, 15) is 19.6 Å². The zero-order valence-corrected chi connectivity index (χ0v) is 20.7. The third kappa shape index (κ3) is 5.31. The number of furan rings is 1. The molecular weight excluding hydrogens is 530 g/mol. The van der Waals surface area contributed by atoms with Gasteiger partial charge in [0.2, 0.25) is 0 Å². The highest BCUT2D eigenvalue weighted by atomic mass is 79.9. The van der Waals surface area contributed by atoms with E-state index in [1.165, 1.54) is 12.3 Å². The number of imide groups is 2. The van der Waals surface area contributed by atoms with E-state index in [-0.39, 0.29) is 18.7 Å². The van der Waals surface area contributed by atoms with E-state index >= 15 is 0 Å². The first-order chi connectivity index (χ1) is 17.4. The Morgan fingerprint density at radius 3 is 2.67 bits per heavy atom. The summed E-state index contributed by atoms with van der Waals surface area (Å²) in [7, 11) is 0. The second kappa shape index (κ2) is 10.9. The number of nitrogens with one attached hydrogen (secondary N) is 1. The number of carbonyl (C=O) groups is 3. The standard InChI is InChI=1S/C26H20BrN3O6/c1-2-34-22-12-16(11-21(27)23(22)36-15-18-7-4-3-6-17(18)13-28)10-20-24(31)29-26(33)30(25(20)32)14-19-8-5-9-35-19/h3-12H,2,14-15H2,1H3,(H,29,31,33)/b20-10+. The predicted molar refractivity (Wildman–Crippen MR) is 132 cm³/mol. The lowest BCUT2D eigenvalue weighted by Crippen LogP contribution is -2.53. The maximum atomic E-state index is 13.0. The molecule has 9 nitrogen and oxygen atoms in total. The highest BCUT2D eigenvalue weighted by Crippen LogP contribution is 2.38. The quantitative estimate of drug-likeness (QED) is 0.323. The Morgan fingerprint density at radius 1 is 1.14 bits per heavy atom. The number of ether oxygens (including phenoxy) is 2. The molecule has 0 aliphatic carbocycles. The van der Waals surface area contributed by atoms with E-state index < -0.39 is 17.8 Å². The van der Waals surface area contributed by atoms with Gasteiger partial charge in [-0.3, -0.25) is 19.8 Å². The van der Waals surface area contributed by atoms with Gasteiger partial charge in [0.1, 0.15) is 17.9 Å². The molecule has 4 rings (SSSR count). The van der Waals surface area contributed by atoms with Gasteiger partial charge >= 0.3 is 6.03 Å². The summed E-state index contributed by atoms with van der Waals surface area (Å²) in [5.41, 5.74) is 1.47. The Morgan fingerprint density at radius 2 is 1.94 bits per heavy atom. The van der Waals surface area contributed by atoms with Crippen LogP contribution in [0.2, 0.25) is 0 Å². The molecule has 36 heavy (non-hydrogen) atoms. The molecule has 0 atom stereocenters. The van der Waals surface area contributed by atoms with Crippen molar-refractivity contribution in [1.82, 2.24) is 10.2 Å². The van der Waals surface area contributed by atoms with Crippen LogP contribution >= 0.6 is 15.9 Å². The number of hydrogen-bond donors (Lipinski definition) is 1. The highest BCUT2D eigenvalue weighted by Gasteiger charge is 2.36. The van der Waals surface area contributed by atoms with Gasteiger partial charge < -0.3 is 13.9 Å². The summed E-state index contributed by atoms with van der Waals surface area (Å²) in [5, 5.41) is 11.5. The molecule has 2 aromatic carbocycles. The fourth-order valence-corrected chi connectivity index (χ4v) is 4.12. The summed E-state index contributed by atoms with van der Waals surface area (Å²) < 4.78 is 17.5. The lowest BCUT2D eigenvalue weighted by Gasteiger charge is -2.25. The van der Waals surface area contributed by atoms with E-state index in [2.05, 4.69) is 27.3 Å². The summed E-state index contributed by atoms with van der Waals surface area (Å²) in [6.07, 6.45) is 2.81. The van der Waals surface area contributed by atoms with Gasteiger partial charge in [-0.2, -0.15) is 5.26 Å². The first kappa shape index (κ1) is 24.8. The van der Waals surface area contributed by atoms with Crippen LogP contribution in [0.25, 0.3) is 6.08 Å². The van der Waals surface area contributed by atoms with E-state index in [1.807, 2.05) is 13.0 Å². The number of benzene rings is 2. The molecule has 3 aromatic rings. The molecule has 182 valence electrons. The number of amides is 4. The molecule has 0 radical (unpaired) electrons. The molecule has 1 N–H and O–H groups in total. The van der Waals surface area contributed by atoms with Crippen LogP contribution in [0, 0.1) is 11.3 Å². The van der Waals surface area contributed by atoms with Gasteiger partial charge in [0.25, 0.3) is 11.8 Å². The number of halogens is 1. The minimum Gasteiger partial charge on any atom is -0.490 e. The van der Waals surface area contributed by atoms with Gasteiger partial charge in [-0.1, -0.05) is 18.2 Å². The second-order valence-electron chi connectivity index (χ2n) is 7.61. The van der Waals surface area contributed by atoms with Crippen LogP contribution < -0.4 is 14.8 Å². The Balaban J connectivity index is 1.63. The lowest BCUT2D eigenvalue weighted by atomic mass is 10.1. The maximum Gasteiger partial charge on any atom is 0.331 e. The lowest BCUT2D eigenvalue weighted by molar-refractivity contribution is -0.130. The largest absolute Gasteiger partial charge is 0.490 e. The molecular formula is C26H20BrN3O6. The number of nitriles is 1. The fraction of sp³-hybridized carbons (Fsp3) is 0.154. The summed E-state index contributed by atoms with van der Waals surface area (Å²) in [4.78, 5) is 38.6. The zero-order valence-electron chi connectivity index (χ0n) is 19.1. The first-order valence-corrected chi connectivity index (χ1v) is 11.7. The maximum absolute atomic E-state index is 13.0. The Bertz CT molecular complexity index is 1390. The average molecular weight is 550 g/mol. The number of urea groups is 1. The number of rotatable bonds is 8. The highest BCUT2D eigenvalue weighted by molar-refractivity contribution is 9.10. The molecule has 1 saturated heterocycles. The second-order valence-corrected chi connectivity index (χ2v) is 8.46. The molecule has 0 saturated carbocycles. The molecule has 1 aliphatic rings. The minimum atomic E-state index is -0.823. The summed E-state index contributed by atoms with van der Waals surface area (Å²) in [5.74, 6) is -0.375. The average Bonchev–Trinajstić information content (AvgIpc) is 3.38. The van der Waals surface area contributed by atoms with Gasteiger partial charge in [-0.05, 0) is 64.8 Å². The minimum absolute atomic E-state index is 0.118. The van der Waals surface area contributed by atoms with Crippen LogP contribution in [0.15, 0.2) is 69.3 Å². The van der Waals surface area contributed by atoms with Gasteiger partial charge in [-0.25, -0.2) is 4.79 Å². The third-order valence-electron chi connectivity index (χ3n) is 5.23. The topological polar surface area (TPSA) is 122 Å². The van der Waals surface area contributed by atoms with Gasteiger partial charge in [0, 0.05) is 5.56 Å². The molecule has 4 amide bonds. The van der Waals surface area contributed by atoms with Crippen molar-refractivity contribution >= 4 is 39.9 Å². The summed E-state index contributed by atoms with van der Waals surface area (Å²) in [6.45, 7) is 2.16. The van der Waals surface area contributed by atoms with Crippen LogP contribution in [-0.4, -0.2) is 29.4 Å². The van der Waals surface area contributed by atoms with Crippen molar-refractivity contribution in [3.8, 4) is 17.6 Å². The molecule has 0 unspecified atom stereocenters. The molecule has 1 aromatic heterocycles. The molecule has 2 heterocycles. The van der Waals surface area contributed by atoms with Crippen molar-refractivity contribution in [1.29, 1.82) is 5.26 Å². The van der Waals surface area contributed by atoms with Crippen molar-refractivity contribution in [2.45, 2.75) is 20.1 Å². The predicted octanol–water partition coefficient (Wildman–Crippen LogP) is 4.55. The van der Waals surface area contributed by atoms with Crippen LogP contribution in [0.5, 0.6) is 11.5 Å². The zero-order chi connectivity index (χ0) is 25.7. The summed E-state index contributed by atoms with van der Waals surface area (Å²) >= 11 is 3.47. The fourth-order valence-electron chi connectivity index (χ4n) is 3.54. The van der Waals surface area contributed by atoms with Crippen molar-refractivity contribution in [3.63, 3.8) is 0 Å². The third-order valence-corrected chi connectivity index (χ3v) is 5.82. The number of carbonyl (C=O) groups excluding carboxylic acids is 3. The van der Waals surface area contributed by atoms with Crippen molar-refractivity contribution < 1.29 is 28.3 Å². The van der Waals surface area contributed by atoms with E-state index in [0.29, 0.717) is 45.0 Å². The monoisotopic (exact) mass is 549 g/mol. The van der Waals surface area contributed by atoms with Crippen molar-refractivity contribution in [3.05, 3.63) is 87.3 Å².